The number of carbonyl (C=O) groups is 2. The van der Waals surface area contributed by atoms with Crippen molar-refractivity contribution in [2.75, 3.05) is 20.3 Å². The van der Waals surface area contributed by atoms with E-state index in [9.17, 15) is 14.7 Å². The maximum Gasteiger partial charge on any atom is 0.309 e. The van der Waals surface area contributed by atoms with Crippen LogP contribution < -0.4 is 0 Å². The summed E-state index contributed by atoms with van der Waals surface area (Å²) in [5.74, 6) is -1.95. The molecule has 1 fully saturated rings. The minimum absolute atomic E-state index is 0.0102. The zero-order valence-electron chi connectivity index (χ0n) is 11.7. The lowest BCUT2D eigenvalue weighted by molar-refractivity contribution is -0.142. The van der Waals surface area contributed by atoms with E-state index in [0.717, 1.165) is 5.56 Å². The number of methoxy groups -OCH3 is 1. The number of carboxylic acids is 1. The minimum Gasteiger partial charge on any atom is -0.481 e. The maximum atomic E-state index is 12.1. The number of carbonyl (C=O) groups excluding carboxylic acids is 1. The van der Waals surface area contributed by atoms with Crippen LogP contribution >= 0.6 is 0 Å². The molecule has 6 nitrogen and oxygen atoms in total. The van der Waals surface area contributed by atoms with Gasteiger partial charge in [0, 0.05) is 20.1 Å². The predicted molar refractivity (Wildman–Crippen MR) is 73.2 cm³/mol. The first kappa shape index (κ1) is 15.0. The van der Waals surface area contributed by atoms with E-state index in [0.29, 0.717) is 18.7 Å². The molecule has 1 heterocycles. The van der Waals surface area contributed by atoms with Crippen LogP contribution in [0.15, 0.2) is 24.3 Å². The zero-order valence-corrected chi connectivity index (χ0v) is 11.7. The Morgan fingerprint density at radius 3 is 2.67 bits per heavy atom. The van der Waals surface area contributed by atoms with Crippen LogP contribution in [0.2, 0.25) is 0 Å². The summed E-state index contributed by atoms with van der Waals surface area (Å²) >= 11 is 0. The summed E-state index contributed by atoms with van der Waals surface area (Å²) in [7, 11) is 1.53. The van der Waals surface area contributed by atoms with E-state index >= 15 is 0 Å². The van der Waals surface area contributed by atoms with Crippen LogP contribution in [0.4, 0.5) is 0 Å². The van der Waals surface area contributed by atoms with Crippen LogP contribution in [0.1, 0.15) is 23.6 Å². The van der Waals surface area contributed by atoms with Crippen molar-refractivity contribution >= 4 is 11.9 Å². The highest BCUT2D eigenvalue weighted by Gasteiger charge is 2.44. The molecule has 1 saturated heterocycles. The third-order valence-corrected chi connectivity index (χ3v) is 3.67. The summed E-state index contributed by atoms with van der Waals surface area (Å²) in [6.07, 6.45) is -0.0102. The second-order valence-corrected chi connectivity index (χ2v) is 4.91. The average Bonchev–Trinajstić information content (AvgIpc) is 2.82. The van der Waals surface area contributed by atoms with Crippen LogP contribution in [0.25, 0.3) is 0 Å². The highest BCUT2D eigenvalue weighted by atomic mass is 16.5. The average molecular weight is 288 g/mol. The Morgan fingerprint density at radius 2 is 2.14 bits per heavy atom. The fourth-order valence-corrected chi connectivity index (χ4v) is 2.63. The molecule has 2 atom stereocenters. The normalized spacial score (nSPS) is 21.3. The number of nitrogens with zero attached hydrogens (tertiary/aromatic N) is 2. The fraction of sp³-hybridized carbons (Fsp3) is 0.400. The van der Waals surface area contributed by atoms with Crippen LogP contribution in [-0.4, -0.2) is 42.1 Å². The molecule has 1 aromatic rings. The molecule has 1 amide bonds. The number of ether oxygens (including phenoxy) is 1. The number of rotatable bonds is 5. The van der Waals surface area contributed by atoms with E-state index in [1.807, 2.05) is 6.07 Å². The number of aliphatic carboxylic acids is 1. The summed E-state index contributed by atoms with van der Waals surface area (Å²) in [5, 5.41) is 18.2. The second-order valence-electron chi connectivity index (χ2n) is 4.91. The van der Waals surface area contributed by atoms with Crippen molar-refractivity contribution in [3.05, 3.63) is 35.4 Å². The number of nitriles is 1. The number of hydrogen-bond acceptors (Lipinski definition) is 4. The first-order valence-electron chi connectivity index (χ1n) is 6.59. The van der Waals surface area contributed by atoms with Crippen molar-refractivity contribution in [3.8, 4) is 6.07 Å². The molecule has 0 radical (unpaired) electrons. The number of benzene rings is 1. The van der Waals surface area contributed by atoms with Gasteiger partial charge in [0.1, 0.15) is 0 Å². The molecule has 1 aliphatic rings. The largest absolute Gasteiger partial charge is 0.481 e. The molecule has 21 heavy (non-hydrogen) atoms. The van der Waals surface area contributed by atoms with E-state index in [4.69, 9.17) is 10.00 Å². The summed E-state index contributed by atoms with van der Waals surface area (Å²) in [6, 6.07) is 8.17. The summed E-state index contributed by atoms with van der Waals surface area (Å²) in [6.45, 7) is 0.703. The second kappa shape index (κ2) is 6.37. The highest BCUT2D eigenvalue weighted by Crippen LogP contribution is 2.38. The van der Waals surface area contributed by atoms with Gasteiger partial charge in [-0.25, -0.2) is 0 Å². The monoisotopic (exact) mass is 288 g/mol. The molecule has 110 valence electrons. The smallest absolute Gasteiger partial charge is 0.309 e. The lowest BCUT2D eigenvalue weighted by Gasteiger charge is -2.27. The highest BCUT2D eigenvalue weighted by molar-refractivity contribution is 5.87. The van der Waals surface area contributed by atoms with Crippen molar-refractivity contribution in [3.63, 3.8) is 0 Å². The SMILES string of the molecule is COCCN1C(=O)CC(C(=O)O)C1c1ccc(C#N)cc1. The standard InChI is InChI=1S/C15H16N2O4/c1-21-7-6-17-13(18)8-12(15(19)20)14(17)11-4-2-10(9-16)3-5-11/h2-5,12,14H,6-8H2,1H3,(H,19,20). The van der Waals surface area contributed by atoms with Crippen molar-refractivity contribution in [1.82, 2.24) is 4.90 Å². The van der Waals surface area contributed by atoms with E-state index < -0.39 is 17.9 Å². The molecular formula is C15H16N2O4. The third-order valence-electron chi connectivity index (χ3n) is 3.67. The van der Waals surface area contributed by atoms with Crippen molar-refractivity contribution in [1.29, 1.82) is 5.26 Å². The number of carboxylic acid groups (broad SMARTS) is 1. The first-order valence-corrected chi connectivity index (χ1v) is 6.59. The Kier molecular flexibility index (Phi) is 4.55. The van der Waals surface area contributed by atoms with E-state index in [-0.39, 0.29) is 12.3 Å². The molecular weight excluding hydrogens is 272 g/mol. The zero-order chi connectivity index (χ0) is 15.4. The van der Waals surface area contributed by atoms with E-state index in [1.165, 1.54) is 7.11 Å². The van der Waals surface area contributed by atoms with Crippen molar-refractivity contribution in [2.45, 2.75) is 12.5 Å². The van der Waals surface area contributed by atoms with Gasteiger partial charge in [-0.2, -0.15) is 5.26 Å². The first-order chi connectivity index (χ1) is 10.1. The fourth-order valence-electron chi connectivity index (χ4n) is 2.63. The molecule has 1 aliphatic heterocycles. The van der Waals surface area contributed by atoms with Gasteiger partial charge < -0.3 is 14.7 Å². The van der Waals surface area contributed by atoms with Gasteiger partial charge >= 0.3 is 5.97 Å². The predicted octanol–water partition coefficient (Wildman–Crippen LogP) is 1.18. The van der Waals surface area contributed by atoms with Gasteiger partial charge in [-0.05, 0) is 17.7 Å². The van der Waals surface area contributed by atoms with Crippen LogP contribution in [0.3, 0.4) is 0 Å². The lowest BCUT2D eigenvalue weighted by Crippen LogP contribution is -2.33. The molecule has 2 unspecified atom stereocenters. The Balaban J connectivity index is 2.33. The van der Waals surface area contributed by atoms with Gasteiger partial charge in [0.15, 0.2) is 0 Å². The lowest BCUT2D eigenvalue weighted by atomic mass is 9.93. The molecule has 2 rings (SSSR count). The van der Waals surface area contributed by atoms with Crippen LogP contribution in [0.5, 0.6) is 0 Å². The topological polar surface area (TPSA) is 90.6 Å². The molecule has 1 aromatic carbocycles. The van der Waals surface area contributed by atoms with Crippen molar-refractivity contribution < 1.29 is 19.4 Å². The van der Waals surface area contributed by atoms with Crippen molar-refractivity contribution in [2.24, 2.45) is 5.92 Å². The molecule has 0 aromatic heterocycles. The Morgan fingerprint density at radius 1 is 1.48 bits per heavy atom. The molecule has 1 N–H and O–H groups in total. The van der Waals surface area contributed by atoms with Gasteiger partial charge in [-0.15, -0.1) is 0 Å². The molecule has 0 saturated carbocycles. The Bertz CT molecular complexity index is 576. The third kappa shape index (κ3) is 3.03. The van der Waals surface area contributed by atoms with E-state index in [1.54, 1.807) is 29.2 Å². The summed E-state index contributed by atoms with van der Waals surface area (Å²) in [5.41, 5.74) is 1.22. The Hall–Kier alpha value is -2.39. The Labute approximate surface area is 122 Å². The van der Waals surface area contributed by atoms with E-state index in [2.05, 4.69) is 0 Å². The minimum atomic E-state index is -0.988. The molecule has 6 heteroatoms. The maximum absolute atomic E-state index is 12.1. The van der Waals surface area contributed by atoms with Gasteiger partial charge in [-0.1, -0.05) is 12.1 Å². The number of likely N-dealkylation sites (tertiary alicyclic amines) is 1. The summed E-state index contributed by atoms with van der Waals surface area (Å²) < 4.78 is 4.98. The van der Waals surface area contributed by atoms with Gasteiger partial charge in [0.05, 0.1) is 30.2 Å². The van der Waals surface area contributed by atoms with Gasteiger partial charge in [0.25, 0.3) is 0 Å². The van der Waals surface area contributed by atoms with Gasteiger partial charge in [-0.3, -0.25) is 9.59 Å². The number of hydrogen-bond donors (Lipinski definition) is 1. The van der Waals surface area contributed by atoms with Crippen LogP contribution in [-0.2, 0) is 14.3 Å². The van der Waals surface area contributed by atoms with Crippen LogP contribution in [0, 0.1) is 17.2 Å². The van der Waals surface area contributed by atoms with Gasteiger partial charge in [0.2, 0.25) is 5.91 Å². The molecule has 0 spiro atoms. The number of amides is 1. The summed E-state index contributed by atoms with van der Waals surface area (Å²) in [4.78, 5) is 25.0. The molecule has 0 bridgehead atoms. The molecule has 0 aliphatic carbocycles. The quantitative estimate of drug-likeness (QED) is 0.878.